The van der Waals surface area contributed by atoms with Gasteiger partial charge in [-0.15, -0.1) is 11.6 Å². The van der Waals surface area contributed by atoms with Gasteiger partial charge in [-0.1, -0.05) is 0 Å². The fraction of sp³-hybridized carbons (Fsp3) is 0.545. The van der Waals surface area contributed by atoms with Crippen LogP contribution in [0.1, 0.15) is 18.7 Å². The molecule has 1 aliphatic carbocycles. The number of H-pyrrole nitrogens is 1. The van der Waals surface area contributed by atoms with Crippen molar-refractivity contribution in [1.82, 2.24) is 19.6 Å². The molecule has 2 aromatic heterocycles. The normalized spacial score (nSPS) is 17.0. The molecule has 6 nitrogen and oxygen atoms in total. The number of nitrogens with zero attached hydrogens (tertiary/aromatic N) is 3. The minimum absolute atomic E-state index is 0.143. The van der Waals surface area contributed by atoms with Crippen molar-refractivity contribution in [2.24, 2.45) is 5.92 Å². The summed E-state index contributed by atoms with van der Waals surface area (Å²) < 4.78 is 1.43. The average molecular weight is 268 g/mol. The van der Waals surface area contributed by atoms with Gasteiger partial charge in [0.2, 0.25) is 0 Å². The van der Waals surface area contributed by atoms with Crippen LogP contribution in [-0.4, -0.2) is 31.5 Å². The van der Waals surface area contributed by atoms with Gasteiger partial charge in [0.1, 0.15) is 11.6 Å². The predicted octanol–water partition coefficient (Wildman–Crippen LogP) is 1.16. The van der Waals surface area contributed by atoms with E-state index < -0.39 is 0 Å². The van der Waals surface area contributed by atoms with E-state index >= 15 is 0 Å². The summed E-state index contributed by atoms with van der Waals surface area (Å²) in [5.74, 6) is 1.94. The molecule has 7 heteroatoms. The SMILES string of the molecule is Cc1nc(NCC(Cl)C2CC2)cc2n[nH]c(=O)n12. The maximum atomic E-state index is 11.4. The number of aryl methyl sites for hydroxylation is 1. The molecule has 0 spiro atoms. The highest BCUT2D eigenvalue weighted by molar-refractivity contribution is 6.21. The number of hydrogen-bond donors (Lipinski definition) is 2. The Bertz CT molecular complexity index is 630. The van der Waals surface area contributed by atoms with E-state index in [0.29, 0.717) is 29.8 Å². The lowest BCUT2D eigenvalue weighted by Gasteiger charge is -2.10. The van der Waals surface area contributed by atoms with Crippen LogP contribution in [0.5, 0.6) is 0 Å². The van der Waals surface area contributed by atoms with Gasteiger partial charge < -0.3 is 5.32 Å². The second kappa shape index (κ2) is 4.28. The van der Waals surface area contributed by atoms with Gasteiger partial charge in [-0.3, -0.25) is 0 Å². The molecule has 1 aliphatic rings. The lowest BCUT2D eigenvalue weighted by molar-refractivity contribution is 0.767. The molecular weight excluding hydrogens is 254 g/mol. The smallest absolute Gasteiger partial charge is 0.349 e. The van der Waals surface area contributed by atoms with E-state index in [-0.39, 0.29) is 11.1 Å². The topological polar surface area (TPSA) is 75.1 Å². The van der Waals surface area contributed by atoms with E-state index in [4.69, 9.17) is 11.6 Å². The Morgan fingerprint density at radius 2 is 2.44 bits per heavy atom. The molecular formula is C11H14ClN5O. The molecule has 0 amide bonds. The zero-order valence-electron chi connectivity index (χ0n) is 9.98. The van der Waals surface area contributed by atoms with Crippen molar-refractivity contribution in [3.8, 4) is 0 Å². The summed E-state index contributed by atoms with van der Waals surface area (Å²) in [5.41, 5.74) is 0.294. The van der Waals surface area contributed by atoms with E-state index in [0.717, 1.165) is 0 Å². The van der Waals surface area contributed by atoms with Gasteiger partial charge in [0.05, 0.1) is 5.38 Å². The van der Waals surface area contributed by atoms with Crippen LogP contribution >= 0.6 is 11.6 Å². The predicted molar refractivity (Wildman–Crippen MR) is 69.2 cm³/mol. The fourth-order valence-electron chi connectivity index (χ4n) is 2.01. The number of hydrogen-bond acceptors (Lipinski definition) is 4. The lowest BCUT2D eigenvalue weighted by Crippen LogP contribution is -2.18. The first-order valence-electron chi connectivity index (χ1n) is 5.98. The second-order valence-corrected chi connectivity index (χ2v) is 5.21. The van der Waals surface area contributed by atoms with Gasteiger partial charge in [0.25, 0.3) is 0 Å². The molecule has 1 unspecified atom stereocenters. The highest BCUT2D eigenvalue weighted by Gasteiger charge is 2.29. The van der Waals surface area contributed by atoms with Crippen molar-refractivity contribution in [1.29, 1.82) is 0 Å². The first kappa shape index (κ1) is 11.5. The maximum absolute atomic E-state index is 11.4. The van der Waals surface area contributed by atoms with Gasteiger partial charge in [-0.25, -0.2) is 19.3 Å². The van der Waals surface area contributed by atoms with Crippen molar-refractivity contribution >= 4 is 23.1 Å². The number of aromatic nitrogens is 4. The first-order valence-corrected chi connectivity index (χ1v) is 6.41. The second-order valence-electron chi connectivity index (χ2n) is 4.65. The van der Waals surface area contributed by atoms with Crippen LogP contribution in [0.3, 0.4) is 0 Å². The van der Waals surface area contributed by atoms with E-state index in [1.807, 2.05) is 0 Å². The molecule has 2 aromatic rings. The van der Waals surface area contributed by atoms with Crippen molar-refractivity contribution in [3.63, 3.8) is 0 Å². The van der Waals surface area contributed by atoms with E-state index in [9.17, 15) is 4.79 Å². The summed E-state index contributed by atoms with van der Waals surface area (Å²) in [6.45, 7) is 2.46. The Labute approximate surface area is 108 Å². The minimum atomic E-state index is -0.269. The number of fused-ring (bicyclic) bond motifs is 1. The molecule has 0 bridgehead atoms. The molecule has 1 atom stereocenters. The molecule has 2 N–H and O–H groups in total. The summed E-state index contributed by atoms with van der Waals surface area (Å²) in [5, 5.41) is 9.67. The standard InChI is InChI=1S/C11H14ClN5O/c1-6-14-9(13-5-8(12)7-2-3-7)4-10-15-16-11(18)17(6)10/h4,7-8,13H,2-3,5H2,1H3,(H,16,18). The number of aromatic amines is 1. The number of halogens is 1. The largest absolute Gasteiger partial charge is 0.368 e. The number of rotatable bonds is 4. The van der Waals surface area contributed by atoms with E-state index in [2.05, 4.69) is 20.5 Å². The molecule has 1 saturated carbocycles. The third kappa shape index (κ3) is 2.08. The van der Waals surface area contributed by atoms with Crippen LogP contribution in [0, 0.1) is 12.8 Å². The highest BCUT2D eigenvalue weighted by atomic mass is 35.5. The lowest BCUT2D eigenvalue weighted by atomic mass is 10.3. The average Bonchev–Trinajstić information content (AvgIpc) is 3.11. The van der Waals surface area contributed by atoms with Crippen LogP contribution in [0.25, 0.3) is 5.65 Å². The Hall–Kier alpha value is -1.56. The first-order chi connectivity index (χ1) is 8.65. The molecule has 0 radical (unpaired) electrons. The fourth-order valence-corrected chi connectivity index (χ4v) is 2.34. The summed E-state index contributed by atoms with van der Waals surface area (Å²) in [6.07, 6.45) is 2.44. The molecule has 96 valence electrons. The maximum Gasteiger partial charge on any atom is 0.349 e. The van der Waals surface area contributed by atoms with Crippen LogP contribution < -0.4 is 11.0 Å². The Morgan fingerprint density at radius 1 is 1.67 bits per heavy atom. The molecule has 2 heterocycles. The molecule has 0 saturated heterocycles. The van der Waals surface area contributed by atoms with Crippen LogP contribution in [-0.2, 0) is 0 Å². The highest BCUT2D eigenvalue weighted by Crippen LogP contribution is 2.35. The molecule has 1 fully saturated rings. The van der Waals surface area contributed by atoms with Gasteiger partial charge in [-0.2, -0.15) is 5.10 Å². The van der Waals surface area contributed by atoms with Crippen molar-refractivity contribution < 1.29 is 0 Å². The number of anilines is 1. The van der Waals surface area contributed by atoms with E-state index in [1.54, 1.807) is 13.0 Å². The van der Waals surface area contributed by atoms with Crippen LogP contribution in [0.4, 0.5) is 5.82 Å². The van der Waals surface area contributed by atoms with Crippen LogP contribution in [0.2, 0.25) is 0 Å². The van der Waals surface area contributed by atoms with Gasteiger partial charge in [0.15, 0.2) is 5.65 Å². The number of alkyl halides is 1. The van der Waals surface area contributed by atoms with Gasteiger partial charge in [0, 0.05) is 12.6 Å². The Kier molecular flexibility index (Phi) is 2.74. The molecule has 0 aliphatic heterocycles. The van der Waals surface area contributed by atoms with Gasteiger partial charge in [-0.05, 0) is 25.7 Å². The summed E-state index contributed by atoms with van der Waals surface area (Å²) in [6, 6.07) is 1.74. The van der Waals surface area contributed by atoms with Crippen molar-refractivity contribution in [3.05, 3.63) is 22.4 Å². The Balaban J connectivity index is 1.81. The van der Waals surface area contributed by atoms with Gasteiger partial charge >= 0.3 is 5.69 Å². The van der Waals surface area contributed by atoms with Crippen LogP contribution in [0.15, 0.2) is 10.9 Å². The summed E-state index contributed by atoms with van der Waals surface area (Å²) in [7, 11) is 0. The zero-order chi connectivity index (χ0) is 12.7. The summed E-state index contributed by atoms with van der Waals surface area (Å²) in [4.78, 5) is 15.8. The zero-order valence-corrected chi connectivity index (χ0v) is 10.7. The van der Waals surface area contributed by atoms with Crippen molar-refractivity contribution in [2.45, 2.75) is 25.1 Å². The molecule has 18 heavy (non-hydrogen) atoms. The Morgan fingerprint density at radius 3 is 3.17 bits per heavy atom. The van der Waals surface area contributed by atoms with Crippen molar-refractivity contribution in [2.75, 3.05) is 11.9 Å². The van der Waals surface area contributed by atoms with E-state index in [1.165, 1.54) is 17.2 Å². The molecule has 3 rings (SSSR count). The monoisotopic (exact) mass is 267 g/mol. The summed E-state index contributed by atoms with van der Waals surface area (Å²) >= 11 is 6.22. The third-order valence-electron chi connectivity index (χ3n) is 3.18. The minimum Gasteiger partial charge on any atom is -0.368 e. The molecule has 0 aromatic carbocycles. The third-order valence-corrected chi connectivity index (χ3v) is 3.69. The number of nitrogens with one attached hydrogen (secondary N) is 2. The quantitative estimate of drug-likeness (QED) is 0.815.